The van der Waals surface area contributed by atoms with Crippen LogP contribution in [0.3, 0.4) is 0 Å². The van der Waals surface area contributed by atoms with Crippen molar-refractivity contribution in [2.75, 3.05) is 24.2 Å². The molecular weight excluding hydrogens is 442 g/mol. The predicted octanol–water partition coefficient (Wildman–Crippen LogP) is 3.22. The van der Waals surface area contributed by atoms with E-state index in [0.29, 0.717) is 42.7 Å². The van der Waals surface area contributed by atoms with E-state index in [4.69, 9.17) is 0 Å². The molecule has 0 aliphatic carbocycles. The van der Waals surface area contributed by atoms with Gasteiger partial charge < -0.3 is 10.2 Å². The summed E-state index contributed by atoms with van der Waals surface area (Å²) in [5.74, 6) is 0.755. The number of carbonyl (C=O) groups excluding carboxylic acids is 2. The van der Waals surface area contributed by atoms with E-state index in [0.717, 1.165) is 15.9 Å². The molecular formula is C19H22BrN5O2S. The maximum absolute atomic E-state index is 12.5. The Hall–Kier alpha value is -2.00. The van der Waals surface area contributed by atoms with Crippen molar-refractivity contribution >= 4 is 45.3 Å². The number of thioether (sulfide) groups is 1. The Balaban J connectivity index is 1.45. The van der Waals surface area contributed by atoms with Gasteiger partial charge in [0, 0.05) is 41.1 Å². The Kier molecular flexibility index (Phi) is 7.01. The highest BCUT2D eigenvalue weighted by Crippen LogP contribution is 2.21. The molecule has 0 unspecified atom stereocenters. The molecule has 1 aliphatic heterocycles. The largest absolute Gasteiger partial charge is 0.342 e. The minimum atomic E-state index is -0.107. The molecule has 2 aromatic heterocycles. The Labute approximate surface area is 176 Å². The topological polar surface area (TPSA) is 88.1 Å². The second kappa shape index (κ2) is 9.47. The van der Waals surface area contributed by atoms with Crippen LogP contribution in [0.15, 0.2) is 34.0 Å². The number of pyridine rings is 1. The zero-order valence-electron chi connectivity index (χ0n) is 15.8. The van der Waals surface area contributed by atoms with E-state index in [2.05, 4.69) is 36.2 Å². The van der Waals surface area contributed by atoms with E-state index in [1.54, 1.807) is 12.3 Å². The van der Waals surface area contributed by atoms with Gasteiger partial charge in [0.1, 0.15) is 5.82 Å². The molecule has 0 saturated carbocycles. The Morgan fingerprint density at radius 2 is 1.89 bits per heavy atom. The molecule has 3 heterocycles. The maximum Gasteiger partial charge on any atom is 0.233 e. The van der Waals surface area contributed by atoms with E-state index in [1.165, 1.54) is 11.8 Å². The molecule has 7 nitrogen and oxygen atoms in total. The summed E-state index contributed by atoms with van der Waals surface area (Å²) in [5, 5.41) is 3.47. The second-order valence-electron chi connectivity index (χ2n) is 6.73. The van der Waals surface area contributed by atoms with Crippen molar-refractivity contribution in [3.05, 3.63) is 40.3 Å². The van der Waals surface area contributed by atoms with E-state index in [-0.39, 0.29) is 17.7 Å². The third-order valence-corrected chi connectivity index (χ3v) is 5.78. The van der Waals surface area contributed by atoms with Crippen LogP contribution in [0.25, 0.3) is 0 Å². The highest BCUT2D eigenvalue weighted by atomic mass is 79.9. The van der Waals surface area contributed by atoms with Crippen LogP contribution in [0.1, 0.15) is 24.2 Å². The van der Waals surface area contributed by atoms with E-state index >= 15 is 0 Å². The summed E-state index contributed by atoms with van der Waals surface area (Å²) in [4.78, 5) is 39.6. The molecule has 0 spiro atoms. The van der Waals surface area contributed by atoms with Crippen LogP contribution in [-0.2, 0) is 9.59 Å². The van der Waals surface area contributed by atoms with Gasteiger partial charge in [0.05, 0.1) is 5.75 Å². The van der Waals surface area contributed by atoms with Gasteiger partial charge in [0.15, 0.2) is 5.16 Å². The van der Waals surface area contributed by atoms with Crippen LogP contribution in [0.2, 0.25) is 0 Å². The molecule has 9 heteroatoms. The first-order valence-electron chi connectivity index (χ1n) is 9.06. The number of piperidine rings is 1. The van der Waals surface area contributed by atoms with Gasteiger partial charge in [-0.2, -0.15) is 0 Å². The Morgan fingerprint density at radius 1 is 1.21 bits per heavy atom. The van der Waals surface area contributed by atoms with Gasteiger partial charge in [-0.15, -0.1) is 0 Å². The highest BCUT2D eigenvalue weighted by molar-refractivity contribution is 9.10. The van der Waals surface area contributed by atoms with Crippen molar-refractivity contribution in [1.82, 2.24) is 19.9 Å². The molecule has 0 radical (unpaired) electrons. The van der Waals surface area contributed by atoms with Crippen molar-refractivity contribution in [2.45, 2.75) is 31.8 Å². The molecule has 1 saturated heterocycles. The lowest BCUT2D eigenvalue weighted by molar-refractivity contribution is -0.132. The molecule has 28 heavy (non-hydrogen) atoms. The minimum Gasteiger partial charge on any atom is -0.342 e. The lowest BCUT2D eigenvalue weighted by Crippen LogP contribution is -2.42. The summed E-state index contributed by atoms with van der Waals surface area (Å²) < 4.78 is 0.862. The average molecular weight is 464 g/mol. The SMILES string of the molecule is Cc1cc(C)nc(SCC(=O)N2CCC(C(=O)Nc3ccc(Br)cn3)CC2)n1. The number of carbonyl (C=O) groups is 2. The Bertz CT molecular complexity index is 834. The number of hydrogen-bond acceptors (Lipinski definition) is 6. The standard InChI is InChI=1S/C19H22BrN5O2S/c1-12-9-13(2)23-19(22-12)28-11-17(26)25-7-5-14(6-8-25)18(27)24-16-4-3-15(20)10-21-16/h3-4,9-10,14H,5-8,11H2,1-2H3,(H,21,24,27). The molecule has 1 N–H and O–H groups in total. The Morgan fingerprint density at radius 3 is 2.50 bits per heavy atom. The van der Waals surface area contributed by atoms with Crippen molar-refractivity contribution < 1.29 is 9.59 Å². The average Bonchev–Trinajstić information content (AvgIpc) is 2.67. The molecule has 3 rings (SSSR count). The van der Waals surface area contributed by atoms with Crippen molar-refractivity contribution in [3.8, 4) is 0 Å². The molecule has 0 bridgehead atoms. The summed E-state index contributed by atoms with van der Waals surface area (Å²) in [7, 11) is 0. The maximum atomic E-state index is 12.5. The van der Waals surface area contributed by atoms with Crippen LogP contribution in [0.5, 0.6) is 0 Å². The fourth-order valence-corrected chi connectivity index (χ4v) is 4.13. The quantitative estimate of drug-likeness (QED) is 0.540. The number of aryl methyl sites for hydroxylation is 2. The summed E-state index contributed by atoms with van der Waals surface area (Å²) in [6.45, 7) is 5.00. The van der Waals surface area contributed by atoms with E-state index in [1.807, 2.05) is 30.9 Å². The number of anilines is 1. The zero-order valence-corrected chi connectivity index (χ0v) is 18.2. The molecule has 2 amide bonds. The second-order valence-corrected chi connectivity index (χ2v) is 8.59. The van der Waals surface area contributed by atoms with Crippen molar-refractivity contribution in [1.29, 1.82) is 0 Å². The van der Waals surface area contributed by atoms with Gasteiger partial charge in [0.2, 0.25) is 11.8 Å². The molecule has 1 aliphatic rings. The van der Waals surface area contributed by atoms with E-state index in [9.17, 15) is 9.59 Å². The normalized spacial score (nSPS) is 14.8. The van der Waals surface area contributed by atoms with Crippen LogP contribution < -0.4 is 5.32 Å². The smallest absolute Gasteiger partial charge is 0.233 e. The number of likely N-dealkylation sites (tertiary alicyclic amines) is 1. The van der Waals surface area contributed by atoms with Crippen LogP contribution in [0, 0.1) is 19.8 Å². The van der Waals surface area contributed by atoms with Gasteiger partial charge in [-0.1, -0.05) is 11.8 Å². The summed E-state index contributed by atoms with van der Waals surface area (Å²) >= 11 is 4.68. The first-order valence-corrected chi connectivity index (χ1v) is 10.8. The van der Waals surface area contributed by atoms with Crippen LogP contribution in [-0.4, -0.2) is 50.5 Å². The van der Waals surface area contributed by atoms with Crippen LogP contribution in [0.4, 0.5) is 5.82 Å². The fourth-order valence-electron chi connectivity index (χ4n) is 3.04. The first kappa shape index (κ1) is 20.7. The molecule has 0 atom stereocenters. The predicted molar refractivity (Wildman–Crippen MR) is 112 cm³/mol. The molecule has 0 aromatic carbocycles. The van der Waals surface area contributed by atoms with Gasteiger partial charge >= 0.3 is 0 Å². The summed E-state index contributed by atoms with van der Waals surface area (Å²) in [5.41, 5.74) is 1.80. The van der Waals surface area contributed by atoms with Crippen molar-refractivity contribution in [2.24, 2.45) is 5.92 Å². The summed E-state index contributed by atoms with van der Waals surface area (Å²) in [6, 6.07) is 5.50. The number of nitrogens with one attached hydrogen (secondary N) is 1. The van der Waals surface area contributed by atoms with Gasteiger partial charge in [-0.25, -0.2) is 15.0 Å². The number of halogens is 1. The first-order chi connectivity index (χ1) is 13.4. The number of aromatic nitrogens is 3. The highest BCUT2D eigenvalue weighted by Gasteiger charge is 2.27. The zero-order chi connectivity index (χ0) is 20.1. The van der Waals surface area contributed by atoms with Crippen LogP contribution >= 0.6 is 27.7 Å². The van der Waals surface area contributed by atoms with Gasteiger partial charge in [-0.3, -0.25) is 9.59 Å². The molecule has 2 aromatic rings. The third kappa shape index (κ3) is 5.75. The molecule has 148 valence electrons. The number of amides is 2. The lowest BCUT2D eigenvalue weighted by atomic mass is 9.96. The van der Waals surface area contributed by atoms with Crippen molar-refractivity contribution in [3.63, 3.8) is 0 Å². The van der Waals surface area contributed by atoms with Gasteiger partial charge in [-0.05, 0) is 60.8 Å². The minimum absolute atomic E-state index is 0.0417. The third-order valence-electron chi connectivity index (χ3n) is 4.48. The molecule has 1 fully saturated rings. The van der Waals surface area contributed by atoms with Gasteiger partial charge in [0.25, 0.3) is 0 Å². The lowest BCUT2D eigenvalue weighted by Gasteiger charge is -2.31. The monoisotopic (exact) mass is 463 g/mol. The number of hydrogen-bond donors (Lipinski definition) is 1. The number of nitrogens with zero attached hydrogens (tertiary/aromatic N) is 4. The van der Waals surface area contributed by atoms with E-state index < -0.39 is 0 Å². The number of rotatable bonds is 5. The fraction of sp³-hybridized carbons (Fsp3) is 0.421. The summed E-state index contributed by atoms with van der Waals surface area (Å²) in [6.07, 6.45) is 2.95.